The van der Waals surface area contributed by atoms with E-state index in [0.717, 1.165) is 12.8 Å². The molecule has 14 heavy (non-hydrogen) atoms. The number of hydrogen-bond donors (Lipinski definition) is 1. The molecular weight excluding hydrogens is 238 g/mol. The van der Waals surface area contributed by atoms with Crippen molar-refractivity contribution >= 4 is 15.9 Å². The van der Waals surface area contributed by atoms with Gasteiger partial charge in [0, 0.05) is 10.0 Å². The van der Waals surface area contributed by atoms with Gasteiger partial charge in [-0.05, 0) is 49.8 Å². The lowest BCUT2D eigenvalue weighted by Crippen LogP contribution is -2.22. The maximum absolute atomic E-state index is 6.05. The summed E-state index contributed by atoms with van der Waals surface area (Å²) in [6, 6.07) is 6.57. The summed E-state index contributed by atoms with van der Waals surface area (Å²) in [5.41, 5.74) is 8.91. The van der Waals surface area contributed by atoms with Gasteiger partial charge in [0.05, 0.1) is 0 Å². The summed E-state index contributed by atoms with van der Waals surface area (Å²) < 4.78 is 1.21. The van der Waals surface area contributed by atoms with Crippen LogP contribution in [0.4, 0.5) is 0 Å². The summed E-state index contributed by atoms with van der Waals surface area (Å²) in [6.45, 7) is 2.11. The second-order valence-electron chi connectivity index (χ2n) is 4.45. The van der Waals surface area contributed by atoms with E-state index in [4.69, 9.17) is 5.73 Å². The van der Waals surface area contributed by atoms with E-state index in [9.17, 15) is 0 Å². The van der Waals surface area contributed by atoms with Crippen LogP contribution in [-0.4, -0.2) is 5.54 Å². The summed E-state index contributed by atoms with van der Waals surface area (Å²) in [5, 5.41) is 0. The van der Waals surface area contributed by atoms with Crippen molar-refractivity contribution in [3.8, 4) is 0 Å². The predicted molar refractivity (Wildman–Crippen MR) is 63.4 cm³/mol. The van der Waals surface area contributed by atoms with Gasteiger partial charge in [-0.1, -0.05) is 28.1 Å². The van der Waals surface area contributed by atoms with Crippen molar-refractivity contribution in [2.75, 3.05) is 0 Å². The third-order valence-corrected chi connectivity index (χ3v) is 3.89. The number of hydrogen-bond acceptors (Lipinski definition) is 1. The highest BCUT2D eigenvalue weighted by molar-refractivity contribution is 9.10. The fraction of sp³-hybridized carbons (Fsp3) is 0.500. The minimum Gasteiger partial charge on any atom is -0.325 e. The van der Waals surface area contributed by atoms with Crippen LogP contribution in [0.5, 0.6) is 0 Å². The zero-order valence-corrected chi connectivity index (χ0v) is 10.1. The Morgan fingerprint density at radius 2 is 2.14 bits per heavy atom. The molecule has 2 rings (SSSR count). The Bertz CT molecular complexity index is 342. The third kappa shape index (κ3) is 2.37. The van der Waals surface area contributed by atoms with E-state index in [0.29, 0.717) is 0 Å². The van der Waals surface area contributed by atoms with Gasteiger partial charge >= 0.3 is 0 Å². The fourth-order valence-electron chi connectivity index (χ4n) is 1.60. The molecule has 0 heterocycles. The summed E-state index contributed by atoms with van der Waals surface area (Å²) in [4.78, 5) is 0. The molecule has 0 atom stereocenters. The molecule has 1 aliphatic carbocycles. The van der Waals surface area contributed by atoms with Crippen LogP contribution in [0.2, 0.25) is 0 Å². The van der Waals surface area contributed by atoms with Gasteiger partial charge in [-0.15, -0.1) is 0 Å². The van der Waals surface area contributed by atoms with Crippen LogP contribution in [0.1, 0.15) is 30.4 Å². The number of rotatable bonds is 3. The highest BCUT2D eigenvalue weighted by atomic mass is 79.9. The molecule has 0 radical (unpaired) electrons. The Kier molecular flexibility index (Phi) is 2.67. The standard InChI is InChI=1S/C12H16BrN/c1-9-2-3-10(8-11(9)13)4-5-12(14)6-7-12/h2-3,8H,4-7,14H2,1H3. The molecule has 1 aromatic rings. The molecule has 2 N–H and O–H groups in total. The molecule has 0 amide bonds. The first kappa shape index (κ1) is 10.2. The quantitative estimate of drug-likeness (QED) is 0.880. The Labute approximate surface area is 93.8 Å². The fourth-order valence-corrected chi connectivity index (χ4v) is 2.02. The molecule has 0 spiro atoms. The highest BCUT2D eigenvalue weighted by Crippen LogP contribution is 2.36. The van der Waals surface area contributed by atoms with E-state index >= 15 is 0 Å². The number of aryl methyl sites for hydroxylation is 2. The smallest absolute Gasteiger partial charge is 0.0207 e. The zero-order chi connectivity index (χ0) is 10.2. The molecule has 0 saturated heterocycles. The van der Waals surface area contributed by atoms with Crippen LogP contribution in [-0.2, 0) is 6.42 Å². The van der Waals surface area contributed by atoms with Gasteiger partial charge < -0.3 is 5.73 Å². The van der Waals surface area contributed by atoms with E-state index < -0.39 is 0 Å². The van der Waals surface area contributed by atoms with Gasteiger partial charge in [-0.25, -0.2) is 0 Å². The Hall–Kier alpha value is -0.340. The van der Waals surface area contributed by atoms with Crippen molar-refractivity contribution in [1.82, 2.24) is 0 Å². The largest absolute Gasteiger partial charge is 0.325 e. The van der Waals surface area contributed by atoms with Crippen molar-refractivity contribution in [3.63, 3.8) is 0 Å². The molecule has 0 unspecified atom stereocenters. The van der Waals surface area contributed by atoms with Crippen LogP contribution in [0.15, 0.2) is 22.7 Å². The molecule has 2 heteroatoms. The lowest BCUT2D eigenvalue weighted by atomic mass is 10.0. The summed E-state index contributed by atoms with van der Waals surface area (Å²) >= 11 is 3.55. The van der Waals surface area contributed by atoms with E-state index in [1.807, 2.05) is 0 Å². The van der Waals surface area contributed by atoms with E-state index in [1.54, 1.807) is 0 Å². The first-order valence-electron chi connectivity index (χ1n) is 5.13. The SMILES string of the molecule is Cc1ccc(CCC2(N)CC2)cc1Br. The second kappa shape index (κ2) is 3.67. The van der Waals surface area contributed by atoms with Crippen LogP contribution in [0.25, 0.3) is 0 Å². The normalized spacial score (nSPS) is 18.2. The molecule has 0 aromatic heterocycles. The van der Waals surface area contributed by atoms with Crippen molar-refractivity contribution in [2.45, 2.75) is 38.1 Å². The maximum atomic E-state index is 6.05. The lowest BCUT2D eigenvalue weighted by molar-refractivity contribution is 0.609. The van der Waals surface area contributed by atoms with Gasteiger partial charge in [0.25, 0.3) is 0 Å². The minimum absolute atomic E-state index is 0.178. The average molecular weight is 254 g/mol. The minimum atomic E-state index is 0.178. The van der Waals surface area contributed by atoms with Crippen LogP contribution in [0, 0.1) is 6.92 Å². The third-order valence-electron chi connectivity index (χ3n) is 3.04. The number of nitrogens with two attached hydrogens (primary N) is 1. The zero-order valence-electron chi connectivity index (χ0n) is 8.52. The Morgan fingerprint density at radius 3 is 2.71 bits per heavy atom. The van der Waals surface area contributed by atoms with Crippen molar-refractivity contribution in [2.24, 2.45) is 5.73 Å². The monoisotopic (exact) mass is 253 g/mol. The highest BCUT2D eigenvalue weighted by Gasteiger charge is 2.37. The molecule has 0 bridgehead atoms. The van der Waals surface area contributed by atoms with Gasteiger partial charge in [-0.3, -0.25) is 0 Å². The first-order valence-corrected chi connectivity index (χ1v) is 5.92. The van der Waals surface area contributed by atoms with Crippen LogP contribution < -0.4 is 5.73 Å². The molecule has 1 aromatic carbocycles. The van der Waals surface area contributed by atoms with Crippen LogP contribution in [0.3, 0.4) is 0 Å². The Morgan fingerprint density at radius 1 is 1.43 bits per heavy atom. The van der Waals surface area contributed by atoms with Gasteiger partial charge in [-0.2, -0.15) is 0 Å². The van der Waals surface area contributed by atoms with Crippen LogP contribution >= 0.6 is 15.9 Å². The second-order valence-corrected chi connectivity index (χ2v) is 5.30. The van der Waals surface area contributed by atoms with Gasteiger partial charge in [0.2, 0.25) is 0 Å². The van der Waals surface area contributed by atoms with Gasteiger partial charge in [0.1, 0.15) is 0 Å². The van der Waals surface area contributed by atoms with E-state index in [1.165, 1.54) is 28.4 Å². The van der Waals surface area contributed by atoms with Gasteiger partial charge in [0.15, 0.2) is 0 Å². The van der Waals surface area contributed by atoms with Crippen molar-refractivity contribution in [1.29, 1.82) is 0 Å². The van der Waals surface area contributed by atoms with Crippen molar-refractivity contribution < 1.29 is 0 Å². The molecular formula is C12H16BrN. The molecule has 76 valence electrons. The first-order chi connectivity index (χ1) is 6.59. The lowest BCUT2D eigenvalue weighted by Gasteiger charge is -2.08. The number of benzene rings is 1. The molecule has 0 aliphatic heterocycles. The molecule has 1 aliphatic rings. The summed E-state index contributed by atoms with van der Waals surface area (Å²) in [6.07, 6.45) is 4.65. The summed E-state index contributed by atoms with van der Waals surface area (Å²) in [7, 11) is 0. The van der Waals surface area contributed by atoms with E-state index in [2.05, 4.69) is 41.1 Å². The summed E-state index contributed by atoms with van der Waals surface area (Å²) in [5.74, 6) is 0. The molecule has 1 nitrogen and oxygen atoms in total. The van der Waals surface area contributed by atoms with Crippen molar-refractivity contribution in [3.05, 3.63) is 33.8 Å². The maximum Gasteiger partial charge on any atom is 0.0207 e. The Balaban J connectivity index is 1.99. The molecule has 1 fully saturated rings. The predicted octanol–water partition coefficient (Wildman–Crippen LogP) is 3.18. The topological polar surface area (TPSA) is 26.0 Å². The average Bonchev–Trinajstić information content (AvgIpc) is 2.87. The van der Waals surface area contributed by atoms with E-state index in [-0.39, 0.29) is 5.54 Å². The molecule has 1 saturated carbocycles. The number of halogens is 1.